The molecule has 0 saturated heterocycles. The van der Waals surface area contributed by atoms with Crippen LogP contribution in [0.25, 0.3) is 32.9 Å². The average molecular weight is 438 g/mol. The van der Waals surface area contributed by atoms with E-state index in [0.29, 0.717) is 12.1 Å². The number of carbonyl (C=O) groups is 1. The van der Waals surface area contributed by atoms with Crippen molar-refractivity contribution >= 4 is 27.6 Å². The molecule has 0 aliphatic rings. The Kier molecular flexibility index (Phi) is 5.44. The lowest BCUT2D eigenvalue weighted by Gasteiger charge is -2.15. The van der Waals surface area contributed by atoms with Crippen molar-refractivity contribution in [3.05, 3.63) is 84.9 Å². The molecule has 0 bridgehead atoms. The molecule has 5 rings (SSSR count). The zero-order valence-corrected chi connectivity index (χ0v) is 18.4. The Bertz CT molecular complexity index is 1450. The fourth-order valence-electron chi connectivity index (χ4n) is 3.98. The number of ether oxygens (including phenoxy) is 1. The predicted octanol–water partition coefficient (Wildman–Crippen LogP) is 4.47. The van der Waals surface area contributed by atoms with Gasteiger partial charge in [-0.15, -0.1) is 0 Å². The third-order valence-corrected chi connectivity index (χ3v) is 5.61. The highest BCUT2D eigenvalue weighted by Crippen LogP contribution is 2.29. The Morgan fingerprint density at radius 1 is 1.06 bits per heavy atom. The number of methoxy groups -OCH3 is 1. The maximum absolute atomic E-state index is 13.3. The number of fused-ring (bicyclic) bond motifs is 2. The van der Waals surface area contributed by atoms with Crippen LogP contribution in [0.3, 0.4) is 0 Å². The van der Waals surface area contributed by atoms with Gasteiger partial charge in [-0.1, -0.05) is 36.4 Å². The molecule has 164 valence electrons. The fraction of sp³-hybridized carbons (Fsp3) is 0.154. The molecule has 0 spiro atoms. The van der Waals surface area contributed by atoms with E-state index in [9.17, 15) is 4.79 Å². The SMILES string of the molecule is COc1ccc2cc(-c3cc(C(=O)NC(C)Cn4cncn4)c4ccccc4n3)ccc2c1. The predicted molar refractivity (Wildman–Crippen MR) is 128 cm³/mol. The molecule has 2 heterocycles. The molecule has 3 aromatic carbocycles. The Morgan fingerprint density at radius 2 is 1.88 bits per heavy atom. The first-order chi connectivity index (χ1) is 16.1. The van der Waals surface area contributed by atoms with Gasteiger partial charge >= 0.3 is 0 Å². The fourth-order valence-corrected chi connectivity index (χ4v) is 3.98. The van der Waals surface area contributed by atoms with Crippen LogP contribution in [-0.2, 0) is 6.54 Å². The number of nitrogens with one attached hydrogen (secondary N) is 1. The van der Waals surface area contributed by atoms with Gasteiger partial charge in [0.2, 0.25) is 0 Å². The summed E-state index contributed by atoms with van der Waals surface area (Å²) in [4.78, 5) is 22.1. The van der Waals surface area contributed by atoms with Crippen LogP contribution >= 0.6 is 0 Å². The molecule has 7 nitrogen and oxygen atoms in total. The molecule has 33 heavy (non-hydrogen) atoms. The maximum atomic E-state index is 13.3. The van der Waals surface area contributed by atoms with E-state index < -0.39 is 0 Å². The van der Waals surface area contributed by atoms with Gasteiger partial charge in [0.05, 0.1) is 30.4 Å². The van der Waals surface area contributed by atoms with Crippen molar-refractivity contribution in [3.8, 4) is 17.0 Å². The van der Waals surface area contributed by atoms with Crippen molar-refractivity contribution in [2.75, 3.05) is 7.11 Å². The standard InChI is InChI=1S/C26H23N5O2/c1-17(14-31-16-27-15-28-31)29-26(32)23-13-25(30-24-6-4-3-5-22(23)24)20-8-7-19-12-21(33-2)10-9-18(19)11-20/h3-13,15-17H,14H2,1-2H3,(H,29,32). The number of nitrogens with zero attached hydrogens (tertiary/aromatic N) is 4. The van der Waals surface area contributed by atoms with Gasteiger partial charge in [-0.05, 0) is 48.0 Å². The number of benzene rings is 3. The molecule has 0 radical (unpaired) electrons. The van der Waals surface area contributed by atoms with Crippen LogP contribution in [0.4, 0.5) is 0 Å². The quantitative estimate of drug-likeness (QED) is 0.424. The second-order valence-corrected chi connectivity index (χ2v) is 7.99. The number of hydrogen-bond donors (Lipinski definition) is 1. The normalized spacial score (nSPS) is 12.1. The first kappa shape index (κ1) is 20.6. The van der Waals surface area contributed by atoms with Gasteiger partial charge in [-0.25, -0.2) is 9.97 Å². The molecule has 1 unspecified atom stereocenters. The molecule has 0 aliphatic heterocycles. The average Bonchev–Trinajstić information content (AvgIpc) is 3.35. The number of carbonyl (C=O) groups excluding carboxylic acids is 1. The monoisotopic (exact) mass is 437 g/mol. The second-order valence-electron chi connectivity index (χ2n) is 7.99. The summed E-state index contributed by atoms with van der Waals surface area (Å²) in [5.41, 5.74) is 3.07. The summed E-state index contributed by atoms with van der Waals surface area (Å²) in [5.74, 6) is 0.672. The molecule has 0 fully saturated rings. The maximum Gasteiger partial charge on any atom is 0.252 e. The first-order valence-electron chi connectivity index (χ1n) is 10.7. The lowest BCUT2D eigenvalue weighted by Crippen LogP contribution is -2.36. The first-order valence-corrected chi connectivity index (χ1v) is 10.7. The van der Waals surface area contributed by atoms with Gasteiger partial charge in [0.15, 0.2) is 0 Å². The van der Waals surface area contributed by atoms with Gasteiger partial charge in [0.1, 0.15) is 18.4 Å². The van der Waals surface area contributed by atoms with Crippen LogP contribution in [0, 0.1) is 0 Å². The zero-order chi connectivity index (χ0) is 22.8. The van der Waals surface area contributed by atoms with Crippen molar-refractivity contribution in [1.29, 1.82) is 0 Å². The summed E-state index contributed by atoms with van der Waals surface area (Å²) in [7, 11) is 1.66. The number of rotatable bonds is 6. The van der Waals surface area contributed by atoms with Gasteiger partial charge in [0.25, 0.3) is 5.91 Å². The van der Waals surface area contributed by atoms with Crippen LogP contribution in [0.15, 0.2) is 79.4 Å². The van der Waals surface area contributed by atoms with E-state index in [1.54, 1.807) is 18.1 Å². The summed E-state index contributed by atoms with van der Waals surface area (Å²) in [5, 5.41) is 10.2. The minimum absolute atomic E-state index is 0.120. The highest BCUT2D eigenvalue weighted by atomic mass is 16.5. The van der Waals surface area contributed by atoms with E-state index in [1.165, 1.54) is 6.33 Å². The third-order valence-electron chi connectivity index (χ3n) is 5.61. The number of pyridine rings is 1. The summed E-state index contributed by atoms with van der Waals surface area (Å²) in [6.07, 6.45) is 3.12. The summed E-state index contributed by atoms with van der Waals surface area (Å²) in [6, 6.07) is 21.6. The van der Waals surface area contributed by atoms with Crippen molar-refractivity contribution < 1.29 is 9.53 Å². The Morgan fingerprint density at radius 3 is 2.70 bits per heavy atom. The molecule has 7 heteroatoms. The van der Waals surface area contributed by atoms with Crippen molar-refractivity contribution in [1.82, 2.24) is 25.1 Å². The highest BCUT2D eigenvalue weighted by molar-refractivity contribution is 6.07. The van der Waals surface area contributed by atoms with E-state index in [0.717, 1.165) is 38.7 Å². The van der Waals surface area contributed by atoms with Crippen molar-refractivity contribution in [3.63, 3.8) is 0 Å². The zero-order valence-electron chi connectivity index (χ0n) is 18.4. The number of hydrogen-bond acceptors (Lipinski definition) is 5. The third kappa shape index (κ3) is 4.25. The minimum atomic E-state index is -0.145. The van der Waals surface area contributed by atoms with Gasteiger partial charge in [-0.3, -0.25) is 9.48 Å². The van der Waals surface area contributed by atoms with E-state index in [-0.39, 0.29) is 11.9 Å². The van der Waals surface area contributed by atoms with Crippen LogP contribution in [-0.4, -0.2) is 38.8 Å². The topological polar surface area (TPSA) is 81.9 Å². The van der Waals surface area contributed by atoms with E-state index in [4.69, 9.17) is 9.72 Å². The lowest BCUT2D eigenvalue weighted by atomic mass is 10.0. The molecule has 1 amide bonds. The summed E-state index contributed by atoms with van der Waals surface area (Å²) < 4.78 is 7.03. The van der Waals surface area contributed by atoms with Crippen LogP contribution in [0.5, 0.6) is 5.75 Å². The smallest absolute Gasteiger partial charge is 0.252 e. The van der Waals surface area contributed by atoms with Crippen molar-refractivity contribution in [2.45, 2.75) is 19.5 Å². The molecular weight excluding hydrogens is 414 g/mol. The van der Waals surface area contributed by atoms with Crippen LogP contribution in [0.1, 0.15) is 17.3 Å². The summed E-state index contributed by atoms with van der Waals surface area (Å²) in [6.45, 7) is 2.48. The molecular formula is C26H23N5O2. The van der Waals surface area contributed by atoms with Gasteiger partial charge in [-0.2, -0.15) is 5.10 Å². The lowest BCUT2D eigenvalue weighted by molar-refractivity contribution is 0.0937. The van der Waals surface area contributed by atoms with Gasteiger partial charge < -0.3 is 10.1 Å². The van der Waals surface area contributed by atoms with Crippen molar-refractivity contribution in [2.24, 2.45) is 0 Å². The highest BCUT2D eigenvalue weighted by Gasteiger charge is 2.16. The molecule has 5 aromatic rings. The Labute approximate surface area is 191 Å². The molecule has 2 aromatic heterocycles. The molecule has 0 saturated carbocycles. The minimum Gasteiger partial charge on any atom is -0.497 e. The van der Waals surface area contributed by atoms with Gasteiger partial charge in [0, 0.05) is 17.0 Å². The van der Waals surface area contributed by atoms with Crippen LogP contribution in [0.2, 0.25) is 0 Å². The largest absolute Gasteiger partial charge is 0.497 e. The van der Waals surface area contributed by atoms with Crippen LogP contribution < -0.4 is 10.1 Å². The summed E-state index contributed by atoms with van der Waals surface area (Å²) >= 11 is 0. The Hall–Kier alpha value is -4.26. The van der Waals surface area contributed by atoms with E-state index in [2.05, 4.69) is 21.5 Å². The van der Waals surface area contributed by atoms with E-state index >= 15 is 0 Å². The molecule has 0 aliphatic carbocycles. The second kappa shape index (κ2) is 8.70. The molecule has 1 atom stereocenters. The number of para-hydroxylation sites is 1. The molecule has 1 N–H and O–H groups in total. The Balaban J connectivity index is 1.51. The van der Waals surface area contributed by atoms with E-state index in [1.807, 2.05) is 67.6 Å². The number of amides is 1. The number of aromatic nitrogens is 4.